The normalized spacial score (nSPS) is 16.7. The van der Waals surface area contributed by atoms with Crippen molar-refractivity contribution in [3.8, 4) is 16.4 Å². The molecule has 2 aromatic carbocycles. The van der Waals surface area contributed by atoms with Crippen LogP contribution in [-0.4, -0.2) is 114 Å². The van der Waals surface area contributed by atoms with Crippen LogP contribution in [-0.2, 0) is 16.0 Å². The molecule has 10 nitrogen and oxygen atoms in total. The van der Waals surface area contributed by atoms with Gasteiger partial charge < -0.3 is 15.2 Å². The highest BCUT2D eigenvalue weighted by Gasteiger charge is 2.20. The Morgan fingerprint density at radius 2 is 1.64 bits per heavy atom. The minimum atomic E-state index is -0.515. The van der Waals surface area contributed by atoms with Gasteiger partial charge in [-0.1, -0.05) is 41.1 Å². The van der Waals surface area contributed by atoms with Gasteiger partial charge in [-0.3, -0.25) is 24.1 Å². The molecule has 44 heavy (non-hydrogen) atoms. The molecule has 0 unspecified atom stereocenters. The van der Waals surface area contributed by atoms with E-state index in [9.17, 15) is 4.79 Å². The van der Waals surface area contributed by atoms with Crippen molar-refractivity contribution in [3.63, 3.8) is 0 Å². The number of imidazole rings is 1. The van der Waals surface area contributed by atoms with Crippen LogP contribution in [0.4, 0.5) is 0 Å². The number of amides is 1. The summed E-state index contributed by atoms with van der Waals surface area (Å²) in [6, 6.07) is 13.8. The number of benzene rings is 2. The van der Waals surface area contributed by atoms with E-state index in [0.29, 0.717) is 20.7 Å². The van der Waals surface area contributed by atoms with Crippen LogP contribution in [0.5, 0.6) is 0 Å². The molecule has 4 aromatic rings. The van der Waals surface area contributed by atoms with Crippen molar-refractivity contribution in [1.82, 2.24) is 29.2 Å². The first kappa shape index (κ1) is 31.1. The third-order valence-electron chi connectivity index (χ3n) is 8.27. The number of carbonyl (C=O) groups excluding carboxylic acids is 1. The first-order valence-electron chi connectivity index (χ1n) is 15.4. The molecule has 234 valence electrons. The molecule has 0 atom stereocenters. The van der Waals surface area contributed by atoms with Gasteiger partial charge in [0.25, 0.3) is 5.91 Å². The van der Waals surface area contributed by atoms with Gasteiger partial charge in [0.2, 0.25) is 0 Å². The lowest BCUT2D eigenvalue weighted by Gasteiger charge is -2.30. The van der Waals surface area contributed by atoms with E-state index in [1.54, 1.807) is 18.5 Å². The number of hydrogen-bond acceptors (Lipinski definition) is 9. The van der Waals surface area contributed by atoms with Gasteiger partial charge in [-0.05, 0) is 68.8 Å². The lowest BCUT2D eigenvalue weighted by atomic mass is 10.1. The minimum Gasteiger partial charge on any atom is -0.379 e. The standard InChI is InChI=1S/C32H40ClN7O3S/c33-26-5-1-4-25(21-26)29-30(31(34)41)44-32(36-29)40-23-35-27-7-6-24(20-28(27)40)22-39(10-2-8-37-12-16-42-17-13-37)11-3-9-38-14-18-43-19-15-38/h1,4-7,20-21,23H,2-3,8-19,22H2,(H2,34,41). The molecule has 2 aliphatic heterocycles. The lowest BCUT2D eigenvalue weighted by Crippen LogP contribution is -2.39. The monoisotopic (exact) mass is 637 g/mol. The minimum absolute atomic E-state index is 0.395. The first-order valence-corrected chi connectivity index (χ1v) is 16.6. The fraction of sp³-hybridized carbons (Fsp3) is 0.469. The highest BCUT2D eigenvalue weighted by Crippen LogP contribution is 2.33. The maximum Gasteiger partial charge on any atom is 0.261 e. The topological polar surface area (TPSA) is 102 Å². The summed E-state index contributed by atoms with van der Waals surface area (Å²) in [5.41, 5.74) is 10.1. The third kappa shape index (κ3) is 7.84. The summed E-state index contributed by atoms with van der Waals surface area (Å²) < 4.78 is 13.0. The van der Waals surface area contributed by atoms with Crippen LogP contribution < -0.4 is 5.73 Å². The van der Waals surface area contributed by atoms with Crippen LogP contribution in [0.2, 0.25) is 5.02 Å². The second-order valence-corrected chi connectivity index (χ2v) is 12.8. The summed E-state index contributed by atoms with van der Waals surface area (Å²) >= 11 is 7.50. The number of aromatic nitrogens is 3. The molecular formula is C32H40ClN7O3S. The average Bonchev–Trinajstić information content (AvgIpc) is 3.67. The molecule has 2 aromatic heterocycles. The maximum absolute atomic E-state index is 12.4. The molecule has 2 aliphatic rings. The van der Waals surface area contributed by atoms with E-state index in [2.05, 4.69) is 37.9 Å². The van der Waals surface area contributed by atoms with Crippen LogP contribution in [0, 0.1) is 0 Å². The van der Waals surface area contributed by atoms with Gasteiger partial charge in [-0.25, -0.2) is 9.97 Å². The molecule has 2 fully saturated rings. The smallest absolute Gasteiger partial charge is 0.261 e. The number of ether oxygens (including phenoxy) is 2. The Balaban J connectivity index is 1.20. The molecule has 0 aliphatic carbocycles. The molecule has 12 heteroatoms. The summed E-state index contributed by atoms with van der Waals surface area (Å²) in [6.07, 6.45) is 4.01. The van der Waals surface area contributed by atoms with Crippen LogP contribution in [0.15, 0.2) is 48.8 Å². The SMILES string of the molecule is NC(=O)c1sc(-n2cnc3ccc(CN(CCCN4CCOCC4)CCCN4CCOCC4)cc32)nc1-c1cccc(Cl)c1. The van der Waals surface area contributed by atoms with Crippen molar-refractivity contribution in [2.45, 2.75) is 19.4 Å². The van der Waals surface area contributed by atoms with E-state index in [1.165, 1.54) is 16.9 Å². The zero-order chi connectivity index (χ0) is 30.3. The van der Waals surface area contributed by atoms with E-state index in [1.807, 2.05) is 16.7 Å². The van der Waals surface area contributed by atoms with Crippen molar-refractivity contribution in [3.05, 3.63) is 64.3 Å². The van der Waals surface area contributed by atoms with E-state index in [-0.39, 0.29) is 0 Å². The van der Waals surface area contributed by atoms with Gasteiger partial charge in [-0.15, -0.1) is 0 Å². The van der Waals surface area contributed by atoms with Crippen LogP contribution in [0.25, 0.3) is 27.4 Å². The van der Waals surface area contributed by atoms with Gasteiger partial charge in [-0.2, -0.15) is 0 Å². The Hall–Kier alpha value is -2.90. The molecular weight excluding hydrogens is 598 g/mol. The number of nitrogens with zero attached hydrogens (tertiary/aromatic N) is 6. The third-order valence-corrected chi connectivity index (χ3v) is 9.57. The highest BCUT2D eigenvalue weighted by atomic mass is 35.5. The van der Waals surface area contributed by atoms with Crippen LogP contribution >= 0.6 is 22.9 Å². The van der Waals surface area contributed by atoms with Gasteiger partial charge in [0, 0.05) is 43.3 Å². The molecule has 0 bridgehead atoms. The molecule has 0 spiro atoms. The fourth-order valence-corrected chi connectivity index (χ4v) is 7.04. The number of hydrogen-bond donors (Lipinski definition) is 1. The number of fused-ring (bicyclic) bond motifs is 1. The zero-order valence-corrected chi connectivity index (χ0v) is 26.6. The number of rotatable bonds is 13. The second kappa shape index (κ2) is 14.9. The number of halogens is 1. The predicted molar refractivity (Wildman–Crippen MR) is 175 cm³/mol. The van der Waals surface area contributed by atoms with Gasteiger partial charge in [0.05, 0.1) is 43.2 Å². The Labute approximate surface area is 267 Å². The summed E-state index contributed by atoms with van der Waals surface area (Å²) in [7, 11) is 0. The van der Waals surface area contributed by atoms with Gasteiger partial charge in [0.15, 0.2) is 5.13 Å². The molecule has 1 amide bonds. The summed E-state index contributed by atoms with van der Waals surface area (Å²) in [4.78, 5) is 29.8. The Kier molecular flexibility index (Phi) is 10.5. The average molecular weight is 638 g/mol. The van der Waals surface area contributed by atoms with E-state index >= 15 is 0 Å². The molecule has 4 heterocycles. The maximum atomic E-state index is 12.4. The second-order valence-electron chi connectivity index (χ2n) is 11.4. The van der Waals surface area contributed by atoms with E-state index in [4.69, 9.17) is 31.8 Å². The molecule has 2 saturated heterocycles. The van der Waals surface area contributed by atoms with Crippen molar-refractivity contribution in [2.24, 2.45) is 5.73 Å². The van der Waals surface area contributed by atoms with Gasteiger partial charge in [0.1, 0.15) is 11.2 Å². The quantitative estimate of drug-likeness (QED) is 0.233. The summed E-state index contributed by atoms with van der Waals surface area (Å²) in [5, 5.41) is 1.21. The zero-order valence-electron chi connectivity index (χ0n) is 25.0. The van der Waals surface area contributed by atoms with Crippen molar-refractivity contribution in [1.29, 1.82) is 0 Å². The lowest BCUT2D eigenvalue weighted by molar-refractivity contribution is 0.0338. The summed E-state index contributed by atoms with van der Waals surface area (Å²) in [6.45, 7) is 12.5. The van der Waals surface area contributed by atoms with E-state index in [0.717, 1.165) is 115 Å². The van der Waals surface area contributed by atoms with Crippen molar-refractivity contribution < 1.29 is 14.3 Å². The highest BCUT2D eigenvalue weighted by molar-refractivity contribution is 7.16. The Bertz CT molecular complexity index is 1520. The van der Waals surface area contributed by atoms with Crippen LogP contribution in [0.3, 0.4) is 0 Å². The van der Waals surface area contributed by atoms with Crippen LogP contribution in [0.1, 0.15) is 28.1 Å². The predicted octanol–water partition coefficient (Wildman–Crippen LogP) is 4.15. The number of nitrogens with two attached hydrogens (primary N) is 1. The van der Waals surface area contributed by atoms with E-state index < -0.39 is 5.91 Å². The number of carbonyl (C=O) groups is 1. The van der Waals surface area contributed by atoms with Gasteiger partial charge >= 0.3 is 0 Å². The number of thiazole rings is 1. The van der Waals surface area contributed by atoms with Crippen molar-refractivity contribution >= 4 is 39.9 Å². The Morgan fingerprint density at radius 1 is 0.955 bits per heavy atom. The van der Waals surface area contributed by atoms with Crippen molar-refractivity contribution in [2.75, 3.05) is 78.8 Å². The molecule has 2 N–H and O–H groups in total. The largest absolute Gasteiger partial charge is 0.379 e. The number of morpholine rings is 2. The molecule has 6 rings (SSSR count). The molecule has 0 radical (unpaired) electrons. The first-order chi connectivity index (χ1) is 21.5. The molecule has 0 saturated carbocycles. The summed E-state index contributed by atoms with van der Waals surface area (Å²) in [5.74, 6) is -0.515. The Morgan fingerprint density at radius 3 is 2.27 bits per heavy atom. The fourth-order valence-electron chi connectivity index (χ4n) is 5.93. The number of primary amides is 1.